The molecule has 0 bridgehead atoms. The number of hydrogen-bond donors (Lipinski definition) is 1. The van der Waals surface area contributed by atoms with Crippen molar-refractivity contribution in [1.82, 2.24) is 4.90 Å². The van der Waals surface area contributed by atoms with Crippen molar-refractivity contribution in [2.75, 3.05) is 31.3 Å². The standard InChI is InChI=1S/C30H36N2O7/c1-18-10-11-22-21(13-18)26(20-8-5-9-23-27(20)38-17-37-23)39-24(28(34)32(22)16-30(2,3)4)14-25(33)31-12-6-7-19(15-31)29(35)36/h5,8-11,13,19,24,26H,6-7,12,14-17H2,1-4H3,(H,35,36)/t19?,24-,26-/m0/s1. The lowest BCUT2D eigenvalue weighted by Gasteiger charge is -2.33. The average molecular weight is 537 g/mol. The van der Waals surface area contributed by atoms with E-state index in [1.54, 1.807) is 9.80 Å². The van der Waals surface area contributed by atoms with Gasteiger partial charge in [-0.3, -0.25) is 14.4 Å². The molecule has 2 aromatic rings. The second kappa shape index (κ2) is 10.5. The smallest absolute Gasteiger partial charge is 0.308 e. The summed E-state index contributed by atoms with van der Waals surface area (Å²) in [6.07, 6.45) is -0.784. The number of para-hydroxylation sites is 1. The fourth-order valence-electron chi connectivity index (χ4n) is 5.58. The number of carboxylic acids is 1. The molecule has 0 aliphatic carbocycles. The molecule has 208 valence electrons. The molecule has 9 heteroatoms. The van der Waals surface area contributed by atoms with Gasteiger partial charge < -0.3 is 29.1 Å². The first-order valence-corrected chi connectivity index (χ1v) is 13.5. The van der Waals surface area contributed by atoms with Gasteiger partial charge in [-0.05, 0) is 37.3 Å². The number of amides is 2. The zero-order chi connectivity index (χ0) is 27.9. The lowest BCUT2D eigenvalue weighted by atomic mass is 9.93. The minimum absolute atomic E-state index is 0.0937. The Hall–Kier alpha value is -3.59. The molecule has 0 aromatic heterocycles. The summed E-state index contributed by atoms with van der Waals surface area (Å²) in [5.74, 6) is -0.909. The van der Waals surface area contributed by atoms with Crippen LogP contribution < -0.4 is 14.4 Å². The molecule has 0 saturated carbocycles. The van der Waals surface area contributed by atoms with Crippen molar-refractivity contribution in [3.05, 3.63) is 53.1 Å². The summed E-state index contributed by atoms with van der Waals surface area (Å²) in [4.78, 5) is 42.5. The van der Waals surface area contributed by atoms with Crippen LogP contribution in [0, 0.1) is 18.3 Å². The van der Waals surface area contributed by atoms with E-state index < -0.39 is 24.1 Å². The molecular weight excluding hydrogens is 500 g/mol. The van der Waals surface area contributed by atoms with Crippen LogP contribution in [0.4, 0.5) is 5.69 Å². The average Bonchev–Trinajstić information content (AvgIpc) is 3.35. The fourth-order valence-corrected chi connectivity index (χ4v) is 5.58. The van der Waals surface area contributed by atoms with Crippen LogP contribution in [0.5, 0.6) is 11.5 Å². The van der Waals surface area contributed by atoms with E-state index in [2.05, 4.69) is 20.8 Å². The molecule has 2 aromatic carbocycles. The summed E-state index contributed by atoms with van der Waals surface area (Å²) in [7, 11) is 0. The first-order valence-electron chi connectivity index (χ1n) is 13.5. The van der Waals surface area contributed by atoms with Gasteiger partial charge in [-0.2, -0.15) is 0 Å². The van der Waals surface area contributed by atoms with E-state index in [9.17, 15) is 19.5 Å². The predicted octanol–water partition coefficient (Wildman–Crippen LogP) is 4.30. The van der Waals surface area contributed by atoms with Crippen LogP contribution in [0.2, 0.25) is 0 Å². The van der Waals surface area contributed by atoms with Crippen molar-refractivity contribution < 1.29 is 33.7 Å². The molecular formula is C30H36N2O7. The number of fused-ring (bicyclic) bond motifs is 2. The summed E-state index contributed by atoms with van der Waals surface area (Å²) in [5, 5.41) is 9.50. The highest BCUT2D eigenvalue weighted by Crippen LogP contribution is 2.46. The molecule has 1 fully saturated rings. The van der Waals surface area contributed by atoms with Gasteiger partial charge in [0.2, 0.25) is 12.7 Å². The minimum Gasteiger partial charge on any atom is -0.481 e. The molecule has 3 aliphatic heterocycles. The topological polar surface area (TPSA) is 106 Å². The van der Waals surface area contributed by atoms with Crippen molar-refractivity contribution >= 4 is 23.5 Å². The van der Waals surface area contributed by atoms with Crippen molar-refractivity contribution in [3.63, 3.8) is 0 Å². The number of carboxylic acid groups (broad SMARTS) is 1. The number of rotatable bonds is 5. The number of hydrogen-bond acceptors (Lipinski definition) is 6. The van der Waals surface area contributed by atoms with Crippen LogP contribution in [-0.4, -0.2) is 60.3 Å². The molecule has 1 unspecified atom stereocenters. The van der Waals surface area contributed by atoms with Gasteiger partial charge in [-0.1, -0.05) is 50.6 Å². The highest BCUT2D eigenvalue weighted by Gasteiger charge is 2.41. The van der Waals surface area contributed by atoms with Gasteiger partial charge in [-0.15, -0.1) is 0 Å². The largest absolute Gasteiger partial charge is 0.481 e. The Labute approximate surface area is 228 Å². The Kier molecular flexibility index (Phi) is 7.29. The number of anilines is 1. The number of piperidine rings is 1. The van der Waals surface area contributed by atoms with E-state index in [-0.39, 0.29) is 37.0 Å². The summed E-state index contributed by atoms with van der Waals surface area (Å²) in [6.45, 7) is 9.31. The maximum Gasteiger partial charge on any atom is 0.308 e. The lowest BCUT2D eigenvalue weighted by Crippen LogP contribution is -2.47. The number of benzene rings is 2. The van der Waals surface area contributed by atoms with Crippen molar-refractivity contribution in [2.45, 2.75) is 59.2 Å². The number of carbonyl (C=O) groups excluding carboxylic acids is 2. The second-order valence-corrected chi connectivity index (χ2v) is 11.9. The number of aryl methyl sites for hydroxylation is 1. The first kappa shape index (κ1) is 27.0. The molecule has 3 aliphatic rings. The van der Waals surface area contributed by atoms with Crippen molar-refractivity contribution in [3.8, 4) is 11.5 Å². The molecule has 2 amide bonds. The van der Waals surface area contributed by atoms with Gasteiger partial charge in [0.05, 0.1) is 12.3 Å². The number of aliphatic carboxylic acids is 1. The van der Waals surface area contributed by atoms with E-state index in [0.29, 0.717) is 37.4 Å². The Morgan fingerprint density at radius 1 is 1.10 bits per heavy atom. The maximum atomic E-state index is 14.2. The number of likely N-dealkylation sites (tertiary alicyclic amines) is 1. The lowest BCUT2D eigenvalue weighted by molar-refractivity contribution is -0.148. The summed E-state index contributed by atoms with van der Waals surface area (Å²) >= 11 is 0. The number of carbonyl (C=O) groups is 3. The van der Waals surface area contributed by atoms with E-state index in [4.69, 9.17) is 14.2 Å². The normalized spacial score (nSPS) is 22.9. The highest BCUT2D eigenvalue weighted by molar-refractivity contribution is 6.00. The third-order valence-corrected chi connectivity index (χ3v) is 7.42. The monoisotopic (exact) mass is 536 g/mol. The Morgan fingerprint density at radius 2 is 1.90 bits per heavy atom. The predicted molar refractivity (Wildman–Crippen MR) is 144 cm³/mol. The Morgan fingerprint density at radius 3 is 2.64 bits per heavy atom. The third-order valence-electron chi connectivity index (χ3n) is 7.42. The molecule has 0 radical (unpaired) electrons. The minimum atomic E-state index is -1.07. The molecule has 1 N–H and O–H groups in total. The SMILES string of the molecule is Cc1ccc2c(c1)[C@H](c1cccc3c1OCO3)O[C@@H](CC(=O)N1CCCC(C(=O)O)C1)C(=O)N2CC(C)(C)C. The van der Waals surface area contributed by atoms with E-state index >= 15 is 0 Å². The van der Waals surface area contributed by atoms with Crippen LogP contribution in [0.1, 0.15) is 62.8 Å². The molecule has 3 heterocycles. The molecule has 3 atom stereocenters. The zero-order valence-corrected chi connectivity index (χ0v) is 22.9. The molecule has 1 saturated heterocycles. The van der Waals surface area contributed by atoms with Gasteiger partial charge in [0.25, 0.3) is 5.91 Å². The quantitative estimate of drug-likeness (QED) is 0.607. The van der Waals surface area contributed by atoms with Crippen LogP contribution >= 0.6 is 0 Å². The zero-order valence-electron chi connectivity index (χ0n) is 22.9. The molecule has 5 rings (SSSR count). The van der Waals surface area contributed by atoms with Crippen molar-refractivity contribution in [1.29, 1.82) is 0 Å². The Bertz CT molecular complexity index is 1280. The Balaban J connectivity index is 1.55. The van der Waals surface area contributed by atoms with Gasteiger partial charge >= 0.3 is 5.97 Å². The molecule has 9 nitrogen and oxygen atoms in total. The van der Waals surface area contributed by atoms with Gasteiger partial charge in [0.1, 0.15) is 12.2 Å². The van der Waals surface area contributed by atoms with Crippen LogP contribution in [-0.2, 0) is 19.1 Å². The van der Waals surface area contributed by atoms with Crippen LogP contribution in [0.3, 0.4) is 0 Å². The highest BCUT2D eigenvalue weighted by atomic mass is 16.7. The van der Waals surface area contributed by atoms with Crippen LogP contribution in [0.25, 0.3) is 0 Å². The summed E-state index contributed by atoms with van der Waals surface area (Å²) in [5.41, 5.74) is 3.07. The van der Waals surface area contributed by atoms with Gasteiger partial charge in [-0.25, -0.2) is 0 Å². The first-order chi connectivity index (χ1) is 18.5. The summed E-state index contributed by atoms with van der Waals surface area (Å²) in [6, 6.07) is 11.5. The van der Waals surface area contributed by atoms with Crippen molar-refractivity contribution in [2.24, 2.45) is 11.3 Å². The molecule has 39 heavy (non-hydrogen) atoms. The fraction of sp³-hybridized carbons (Fsp3) is 0.500. The van der Waals surface area contributed by atoms with E-state index in [1.165, 1.54) is 0 Å². The number of ether oxygens (including phenoxy) is 3. The second-order valence-electron chi connectivity index (χ2n) is 11.9. The molecule has 0 spiro atoms. The van der Waals surface area contributed by atoms with Crippen LogP contribution in [0.15, 0.2) is 36.4 Å². The summed E-state index contributed by atoms with van der Waals surface area (Å²) < 4.78 is 18.0. The van der Waals surface area contributed by atoms with Gasteiger partial charge in [0, 0.05) is 36.4 Å². The van der Waals surface area contributed by atoms with Gasteiger partial charge in [0.15, 0.2) is 11.5 Å². The third kappa shape index (κ3) is 5.59. The number of nitrogens with zero attached hydrogens (tertiary/aromatic N) is 2. The van der Waals surface area contributed by atoms with E-state index in [0.717, 1.165) is 22.4 Å². The van der Waals surface area contributed by atoms with E-state index in [1.807, 2.05) is 43.3 Å². The maximum absolute atomic E-state index is 14.2.